The predicted octanol–water partition coefficient (Wildman–Crippen LogP) is 4.12. The summed E-state index contributed by atoms with van der Waals surface area (Å²) in [5, 5.41) is 11.2. The molecule has 3 aromatic rings. The van der Waals surface area contributed by atoms with Crippen LogP contribution >= 0.6 is 15.9 Å². The van der Waals surface area contributed by atoms with E-state index in [9.17, 15) is 0 Å². The van der Waals surface area contributed by atoms with Gasteiger partial charge in [0.25, 0.3) is 0 Å². The standard InChI is InChI=1S/C16H15BrN4O/c1-10-3-4-14(11(2)5-10)15-20-21-16(22-15)19-8-12-6-13(17)9-18-7-12/h3-7,9H,8H2,1-2H3,(H,19,21). The highest BCUT2D eigenvalue weighted by Gasteiger charge is 2.10. The Hall–Kier alpha value is -2.21. The van der Waals surface area contributed by atoms with E-state index < -0.39 is 0 Å². The predicted molar refractivity (Wildman–Crippen MR) is 88.5 cm³/mol. The zero-order chi connectivity index (χ0) is 15.5. The molecule has 0 bridgehead atoms. The molecule has 6 heteroatoms. The summed E-state index contributed by atoms with van der Waals surface area (Å²) in [6, 6.07) is 8.52. The van der Waals surface area contributed by atoms with Crippen molar-refractivity contribution in [3.63, 3.8) is 0 Å². The van der Waals surface area contributed by atoms with Crippen LogP contribution in [0.5, 0.6) is 0 Å². The van der Waals surface area contributed by atoms with E-state index in [1.54, 1.807) is 12.4 Å². The van der Waals surface area contributed by atoms with E-state index >= 15 is 0 Å². The average molecular weight is 359 g/mol. The monoisotopic (exact) mass is 358 g/mol. The molecule has 0 spiro atoms. The van der Waals surface area contributed by atoms with Gasteiger partial charge >= 0.3 is 6.01 Å². The van der Waals surface area contributed by atoms with Crippen LogP contribution in [0, 0.1) is 13.8 Å². The second-order valence-electron chi connectivity index (χ2n) is 5.10. The molecular weight excluding hydrogens is 344 g/mol. The first kappa shape index (κ1) is 14.7. The molecule has 1 aromatic carbocycles. The van der Waals surface area contributed by atoms with E-state index in [2.05, 4.69) is 49.4 Å². The Labute approximate surface area is 136 Å². The van der Waals surface area contributed by atoms with Gasteiger partial charge in [-0.2, -0.15) is 0 Å². The lowest BCUT2D eigenvalue weighted by atomic mass is 10.1. The number of halogens is 1. The number of hydrogen-bond donors (Lipinski definition) is 1. The van der Waals surface area contributed by atoms with Gasteiger partial charge in [-0.3, -0.25) is 4.98 Å². The van der Waals surface area contributed by atoms with Gasteiger partial charge < -0.3 is 9.73 Å². The lowest BCUT2D eigenvalue weighted by Gasteiger charge is -2.03. The fraction of sp³-hybridized carbons (Fsp3) is 0.188. The van der Waals surface area contributed by atoms with Gasteiger partial charge in [-0.05, 0) is 53.0 Å². The number of rotatable bonds is 4. The summed E-state index contributed by atoms with van der Waals surface area (Å²) in [5.74, 6) is 0.521. The van der Waals surface area contributed by atoms with Gasteiger partial charge in [-0.25, -0.2) is 0 Å². The van der Waals surface area contributed by atoms with Crippen LogP contribution in [0.15, 0.2) is 45.5 Å². The molecule has 112 valence electrons. The summed E-state index contributed by atoms with van der Waals surface area (Å²) in [5.41, 5.74) is 4.31. The van der Waals surface area contributed by atoms with Crippen molar-refractivity contribution >= 4 is 21.9 Å². The SMILES string of the molecule is Cc1ccc(-c2nnc(NCc3cncc(Br)c3)o2)c(C)c1. The van der Waals surface area contributed by atoms with E-state index in [1.165, 1.54) is 5.56 Å². The maximum Gasteiger partial charge on any atom is 0.316 e. The van der Waals surface area contributed by atoms with Crippen molar-refractivity contribution in [3.05, 3.63) is 57.8 Å². The largest absolute Gasteiger partial charge is 0.403 e. The summed E-state index contributed by atoms with van der Waals surface area (Å²) >= 11 is 3.40. The Morgan fingerprint density at radius 3 is 2.77 bits per heavy atom. The van der Waals surface area contributed by atoms with Gasteiger partial charge in [-0.1, -0.05) is 22.8 Å². The Kier molecular flexibility index (Phi) is 4.20. The van der Waals surface area contributed by atoms with Crippen LogP contribution in [-0.4, -0.2) is 15.2 Å². The molecule has 0 unspecified atom stereocenters. The van der Waals surface area contributed by atoms with Crippen LogP contribution in [0.4, 0.5) is 6.01 Å². The molecule has 0 saturated heterocycles. The topological polar surface area (TPSA) is 63.8 Å². The van der Waals surface area contributed by atoms with E-state index in [0.29, 0.717) is 18.5 Å². The van der Waals surface area contributed by atoms with Gasteiger partial charge in [0.05, 0.1) is 0 Å². The molecular formula is C16H15BrN4O. The Balaban J connectivity index is 1.73. The number of aryl methyl sites for hydroxylation is 2. The second-order valence-corrected chi connectivity index (χ2v) is 6.01. The Bertz CT molecular complexity index is 800. The third-order valence-corrected chi connectivity index (χ3v) is 3.68. The highest BCUT2D eigenvalue weighted by Crippen LogP contribution is 2.24. The minimum absolute atomic E-state index is 0.398. The summed E-state index contributed by atoms with van der Waals surface area (Å²) in [7, 11) is 0. The van der Waals surface area contributed by atoms with Crippen molar-refractivity contribution in [2.24, 2.45) is 0 Å². The first-order valence-corrected chi connectivity index (χ1v) is 7.65. The van der Waals surface area contributed by atoms with Crippen LogP contribution in [-0.2, 0) is 6.54 Å². The molecule has 0 fully saturated rings. The quantitative estimate of drug-likeness (QED) is 0.759. The lowest BCUT2D eigenvalue weighted by Crippen LogP contribution is -1.99. The molecule has 0 saturated carbocycles. The fourth-order valence-electron chi connectivity index (χ4n) is 2.19. The molecule has 0 radical (unpaired) electrons. The summed E-state index contributed by atoms with van der Waals surface area (Å²) < 4.78 is 6.62. The zero-order valence-corrected chi connectivity index (χ0v) is 13.9. The van der Waals surface area contributed by atoms with Gasteiger partial charge in [0.2, 0.25) is 5.89 Å². The zero-order valence-electron chi connectivity index (χ0n) is 12.3. The van der Waals surface area contributed by atoms with Crippen molar-refractivity contribution < 1.29 is 4.42 Å². The maximum atomic E-state index is 5.68. The van der Waals surface area contributed by atoms with Crippen LogP contribution in [0.2, 0.25) is 0 Å². The number of nitrogens with one attached hydrogen (secondary N) is 1. The molecule has 3 rings (SSSR count). The number of hydrogen-bond acceptors (Lipinski definition) is 5. The molecule has 5 nitrogen and oxygen atoms in total. The van der Waals surface area contributed by atoms with E-state index in [0.717, 1.165) is 21.2 Å². The number of aromatic nitrogens is 3. The molecule has 0 atom stereocenters. The molecule has 22 heavy (non-hydrogen) atoms. The van der Waals surface area contributed by atoms with Crippen molar-refractivity contribution in [2.75, 3.05) is 5.32 Å². The molecule has 1 N–H and O–H groups in total. The molecule has 2 heterocycles. The number of benzene rings is 1. The van der Waals surface area contributed by atoms with Gasteiger partial charge in [0.15, 0.2) is 0 Å². The molecule has 0 aliphatic heterocycles. The first-order chi connectivity index (χ1) is 10.6. The minimum Gasteiger partial charge on any atom is -0.403 e. The molecule has 0 amide bonds. The van der Waals surface area contributed by atoms with E-state index in [-0.39, 0.29) is 0 Å². The van der Waals surface area contributed by atoms with Gasteiger partial charge in [0.1, 0.15) is 0 Å². The van der Waals surface area contributed by atoms with Crippen LogP contribution < -0.4 is 5.32 Å². The Morgan fingerprint density at radius 1 is 1.14 bits per heavy atom. The number of nitrogens with zero attached hydrogens (tertiary/aromatic N) is 3. The van der Waals surface area contributed by atoms with E-state index in [1.807, 2.05) is 25.1 Å². The van der Waals surface area contributed by atoms with E-state index in [4.69, 9.17) is 4.42 Å². The van der Waals surface area contributed by atoms with Crippen molar-refractivity contribution in [2.45, 2.75) is 20.4 Å². The van der Waals surface area contributed by atoms with Crippen LogP contribution in [0.3, 0.4) is 0 Å². The van der Waals surface area contributed by atoms with Gasteiger partial charge in [-0.15, -0.1) is 5.10 Å². The highest BCUT2D eigenvalue weighted by atomic mass is 79.9. The van der Waals surface area contributed by atoms with Crippen molar-refractivity contribution in [3.8, 4) is 11.5 Å². The second kappa shape index (κ2) is 6.27. The van der Waals surface area contributed by atoms with Crippen molar-refractivity contribution in [1.82, 2.24) is 15.2 Å². The van der Waals surface area contributed by atoms with Gasteiger partial charge in [0, 0.05) is 29.0 Å². The third kappa shape index (κ3) is 3.33. The Morgan fingerprint density at radius 2 is 2.00 bits per heavy atom. The molecule has 0 aliphatic carbocycles. The van der Waals surface area contributed by atoms with Crippen LogP contribution in [0.25, 0.3) is 11.5 Å². The minimum atomic E-state index is 0.398. The smallest absolute Gasteiger partial charge is 0.316 e. The maximum absolute atomic E-state index is 5.68. The van der Waals surface area contributed by atoms with Crippen molar-refractivity contribution in [1.29, 1.82) is 0 Å². The lowest BCUT2D eigenvalue weighted by molar-refractivity contribution is 0.580. The number of pyridine rings is 1. The summed E-state index contributed by atoms with van der Waals surface area (Å²) in [6.07, 6.45) is 3.54. The molecule has 2 aromatic heterocycles. The summed E-state index contributed by atoms with van der Waals surface area (Å²) in [6.45, 7) is 4.66. The first-order valence-electron chi connectivity index (χ1n) is 6.86. The third-order valence-electron chi connectivity index (χ3n) is 3.24. The fourth-order valence-corrected chi connectivity index (χ4v) is 2.60. The molecule has 0 aliphatic rings. The number of anilines is 1. The van der Waals surface area contributed by atoms with Crippen LogP contribution in [0.1, 0.15) is 16.7 Å². The normalized spacial score (nSPS) is 10.7. The average Bonchev–Trinajstić information content (AvgIpc) is 2.94. The summed E-state index contributed by atoms with van der Waals surface area (Å²) in [4.78, 5) is 4.12. The highest BCUT2D eigenvalue weighted by molar-refractivity contribution is 9.10.